The lowest BCUT2D eigenvalue weighted by atomic mass is 9.67. The van der Waals surface area contributed by atoms with Crippen molar-refractivity contribution in [2.45, 2.75) is 50.6 Å². The lowest BCUT2D eigenvalue weighted by Gasteiger charge is -2.40. The second kappa shape index (κ2) is 7.63. The molecule has 2 N–H and O–H groups in total. The van der Waals surface area contributed by atoms with Crippen LogP contribution in [0.4, 0.5) is 8.78 Å². The van der Waals surface area contributed by atoms with Crippen LogP contribution in [-0.2, 0) is 14.9 Å². The van der Waals surface area contributed by atoms with Gasteiger partial charge in [-0.3, -0.25) is 5.10 Å². The number of carbonyl (C=O) groups is 1. The highest BCUT2D eigenvalue weighted by atomic mass is 19.1. The van der Waals surface area contributed by atoms with Crippen molar-refractivity contribution in [2.24, 2.45) is 0 Å². The molecule has 0 amide bonds. The van der Waals surface area contributed by atoms with Gasteiger partial charge in [0.15, 0.2) is 0 Å². The number of fused-ring (bicyclic) bond motifs is 2. The zero-order valence-electron chi connectivity index (χ0n) is 19.6. The van der Waals surface area contributed by atoms with Crippen molar-refractivity contribution in [3.05, 3.63) is 59.2 Å². The molecule has 6 nitrogen and oxygen atoms in total. The molecule has 0 bridgehead atoms. The summed E-state index contributed by atoms with van der Waals surface area (Å²) in [5, 5.41) is 18.3. The molecule has 0 aliphatic heterocycles. The van der Waals surface area contributed by atoms with Crippen molar-refractivity contribution in [3.63, 3.8) is 0 Å². The molecule has 0 radical (unpaired) electrons. The van der Waals surface area contributed by atoms with E-state index in [0.29, 0.717) is 12.2 Å². The predicted octanol–water partition coefficient (Wildman–Crippen LogP) is 5.55. The van der Waals surface area contributed by atoms with E-state index in [2.05, 4.69) is 14.8 Å². The van der Waals surface area contributed by atoms with Crippen LogP contribution in [0.25, 0.3) is 27.5 Å². The summed E-state index contributed by atoms with van der Waals surface area (Å²) in [6.07, 6.45) is 1.55. The largest absolute Gasteiger partial charge is 0.479 e. The molecule has 0 spiro atoms. The van der Waals surface area contributed by atoms with Gasteiger partial charge in [0, 0.05) is 34.7 Å². The molecule has 2 aromatic heterocycles. The zero-order chi connectivity index (χ0) is 24.4. The van der Waals surface area contributed by atoms with Crippen LogP contribution in [0.1, 0.15) is 49.4 Å². The van der Waals surface area contributed by atoms with Gasteiger partial charge in [-0.1, -0.05) is 13.8 Å². The van der Waals surface area contributed by atoms with Gasteiger partial charge in [-0.15, -0.1) is 0 Å². The third kappa shape index (κ3) is 3.31. The Labute approximate surface area is 195 Å². The Balaban J connectivity index is 1.86. The number of carboxylic acid groups (broad SMARTS) is 1. The van der Waals surface area contributed by atoms with Crippen LogP contribution < -0.4 is 0 Å². The van der Waals surface area contributed by atoms with E-state index in [0.717, 1.165) is 38.8 Å². The number of benzene rings is 2. The minimum atomic E-state index is -2.23. The number of aryl methyl sites for hydroxylation is 1. The van der Waals surface area contributed by atoms with Gasteiger partial charge < -0.3 is 14.4 Å². The number of aromatic nitrogens is 3. The maximum Gasteiger partial charge on any atom is 0.341 e. The monoisotopic (exact) mass is 467 g/mol. The maximum atomic E-state index is 14.9. The number of hydrogen-bond acceptors (Lipinski definition) is 3. The quantitative estimate of drug-likeness (QED) is 0.390. The molecule has 1 aliphatic rings. The predicted molar refractivity (Wildman–Crippen MR) is 126 cm³/mol. The Morgan fingerprint density at radius 1 is 1.32 bits per heavy atom. The molecular weight excluding hydrogens is 440 g/mol. The molecule has 1 saturated carbocycles. The summed E-state index contributed by atoms with van der Waals surface area (Å²) < 4.78 is 36.7. The third-order valence-corrected chi connectivity index (χ3v) is 7.04. The fourth-order valence-electron chi connectivity index (χ4n) is 5.39. The summed E-state index contributed by atoms with van der Waals surface area (Å²) in [7, 11) is 1.63. The SMILES string of the molecule is COCC(C)(C)c1c(C2CC(F)(C(=O)O)C2)c2cc3[nH]ncc3cc2n1-c1ccc(F)c(C)c1. The smallest absolute Gasteiger partial charge is 0.341 e. The van der Waals surface area contributed by atoms with Gasteiger partial charge in [0.25, 0.3) is 0 Å². The summed E-state index contributed by atoms with van der Waals surface area (Å²) in [5.74, 6) is -1.99. The van der Waals surface area contributed by atoms with E-state index < -0.39 is 17.1 Å². The van der Waals surface area contributed by atoms with Gasteiger partial charge in [0.1, 0.15) is 5.82 Å². The number of nitrogens with one attached hydrogen (secondary N) is 1. The van der Waals surface area contributed by atoms with E-state index in [1.807, 2.05) is 26.0 Å². The van der Waals surface area contributed by atoms with Crippen LogP contribution in [-0.4, -0.2) is 45.2 Å². The Bertz CT molecular complexity index is 1430. The second-order valence-corrected chi connectivity index (χ2v) is 10.1. The van der Waals surface area contributed by atoms with E-state index in [1.165, 1.54) is 6.07 Å². The Morgan fingerprint density at radius 2 is 2.06 bits per heavy atom. The highest BCUT2D eigenvalue weighted by molar-refractivity contribution is 5.99. The van der Waals surface area contributed by atoms with Gasteiger partial charge in [-0.2, -0.15) is 5.10 Å². The average Bonchev–Trinajstić information content (AvgIpc) is 3.33. The number of carboxylic acids is 1. The fraction of sp³-hybridized carbons (Fsp3) is 0.385. The number of alkyl halides is 1. The van der Waals surface area contributed by atoms with Gasteiger partial charge in [-0.25, -0.2) is 13.6 Å². The zero-order valence-corrected chi connectivity index (χ0v) is 19.6. The van der Waals surface area contributed by atoms with Crippen molar-refractivity contribution in [1.82, 2.24) is 14.8 Å². The second-order valence-electron chi connectivity index (χ2n) is 10.1. The van der Waals surface area contributed by atoms with Gasteiger partial charge in [-0.05, 0) is 67.1 Å². The number of ether oxygens (including phenoxy) is 1. The van der Waals surface area contributed by atoms with E-state index in [9.17, 15) is 18.7 Å². The lowest BCUT2D eigenvalue weighted by molar-refractivity contribution is -0.158. The summed E-state index contributed by atoms with van der Waals surface area (Å²) in [6, 6.07) is 8.98. The van der Waals surface area contributed by atoms with Crippen LogP contribution in [0.5, 0.6) is 0 Å². The molecule has 5 rings (SSSR count). The molecule has 0 atom stereocenters. The Hall–Kier alpha value is -3.26. The first kappa shape index (κ1) is 22.5. The number of rotatable bonds is 6. The van der Waals surface area contributed by atoms with Crippen LogP contribution in [0.3, 0.4) is 0 Å². The average molecular weight is 468 g/mol. The summed E-state index contributed by atoms with van der Waals surface area (Å²) in [4.78, 5) is 11.5. The number of aliphatic carboxylic acids is 1. The minimum Gasteiger partial charge on any atom is -0.479 e. The summed E-state index contributed by atoms with van der Waals surface area (Å²) >= 11 is 0. The first-order valence-corrected chi connectivity index (χ1v) is 11.3. The van der Waals surface area contributed by atoms with E-state index >= 15 is 0 Å². The van der Waals surface area contributed by atoms with Crippen molar-refractivity contribution < 1.29 is 23.4 Å². The standard InChI is InChI=1S/C26H27F2N3O3/c1-14-7-17(5-6-19(14)27)31-21-8-15-12-29-30-20(15)9-18(21)22(23(31)25(2,3)13-34-4)16-10-26(28,11-16)24(32)33/h5-9,12,16H,10-11,13H2,1-4H3,(H,29,30)(H,32,33). The first-order valence-electron chi connectivity index (χ1n) is 11.3. The van der Waals surface area contributed by atoms with Crippen molar-refractivity contribution in [3.8, 4) is 5.69 Å². The van der Waals surface area contributed by atoms with E-state index in [4.69, 9.17) is 4.74 Å². The number of hydrogen-bond donors (Lipinski definition) is 2. The van der Waals surface area contributed by atoms with Crippen LogP contribution >= 0.6 is 0 Å². The van der Waals surface area contributed by atoms with Crippen molar-refractivity contribution in [1.29, 1.82) is 0 Å². The first-order chi connectivity index (χ1) is 16.1. The molecule has 34 heavy (non-hydrogen) atoms. The highest BCUT2D eigenvalue weighted by Gasteiger charge is 2.53. The topological polar surface area (TPSA) is 80.1 Å². The molecule has 0 unspecified atom stereocenters. The van der Waals surface area contributed by atoms with Crippen LogP contribution in [0.2, 0.25) is 0 Å². The molecule has 2 aromatic carbocycles. The number of H-pyrrole nitrogens is 1. The van der Waals surface area contributed by atoms with Crippen molar-refractivity contribution in [2.75, 3.05) is 13.7 Å². The summed E-state index contributed by atoms with van der Waals surface area (Å²) in [6.45, 7) is 6.21. The molecule has 1 aliphatic carbocycles. The van der Waals surface area contributed by atoms with Crippen LogP contribution in [0, 0.1) is 12.7 Å². The van der Waals surface area contributed by atoms with Gasteiger partial charge in [0.2, 0.25) is 5.67 Å². The number of halogens is 2. The number of methoxy groups -OCH3 is 1. The minimum absolute atomic E-state index is 0.0963. The Kier molecular flexibility index (Phi) is 5.06. The van der Waals surface area contributed by atoms with Gasteiger partial charge >= 0.3 is 5.97 Å². The fourth-order valence-corrected chi connectivity index (χ4v) is 5.39. The molecule has 178 valence electrons. The molecule has 2 heterocycles. The third-order valence-electron chi connectivity index (χ3n) is 7.04. The number of nitrogens with zero attached hydrogens (tertiary/aromatic N) is 2. The molecule has 1 fully saturated rings. The molecular formula is C26H27F2N3O3. The molecule has 0 saturated heterocycles. The van der Waals surface area contributed by atoms with E-state index in [1.54, 1.807) is 32.4 Å². The summed E-state index contributed by atoms with van der Waals surface area (Å²) in [5.41, 5.74) is 2.08. The molecule has 8 heteroatoms. The normalized spacial score (nSPS) is 20.7. The number of aromatic amines is 1. The van der Waals surface area contributed by atoms with Gasteiger partial charge in [0.05, 0.1) is 23.8 Å². The van der Waals surface area contributed by atoms with Crippen molar-refractivity contribution >= 4 is 27.8 Å². The highest BCUT2D eigenvalue weighted by Crippen LogP contribution is 2.53. The van der Waals surface area contributed by atoms with E-state index in [-0.39, 0.29) is 24.6 Å². The Morgan fingerprint density at radius 3 is 2.71 bits per heavy atom. The molecule has 4 aromatic rings. The lowest BCUT2D eigenvalue weighted by Crippen LogP contribution is -2.46. The maximum absolute atomic E-state index is 14.9. The van der Waals surface area contributed by atoms with Crippen LogP contribution in [0.15, 0.2) is 36.5 Å².